The van der Waals surface area contributed by atoms with Gasteiger partial charge in [0.2, 0.25) is 0 Å². The van der Waals surface area contributed by atoms with Crippen LogP contribution in [-0.4, -0.2) is 47.6 Å². The third-order valence-corrected chi connectivity index (χ3v) is 3.08. The number of benzene rings is 1. The molecule has 3 N–H and O–H groups in total. The highest BCUT2D eigenvalue weighted by molar-refractivity contribution is 6.03. The van der Waals surface area contributed by atoms with Crippen molar-refractivity contribution in [2.24, 2.45) is 0 Å². The van der Waals surface area contributed by atoms with Gasteiger partial charge in [0, 0.05) is 13.1 Å². The summed E-state index contributed by atoms with van der Waals surface area (Å²) in [5.41, 5.74) is -4.36. The van der Waals surface area contributed by atoms with Crippen LogP contribution in [0.4, 0.5) is 26.3 Å². The molecule has 0 amide bonds. The monoisotopic (exact) mass is 413 g/mol. The second-order valence-electron chi connectivity index (χ2n) is 5.13. The van der Waals surface area contributed by atoms with Crippen molar-refractivity contribution in [2.45, 2.75) is 18.3 Å². The third-order valence-electron chi connectivity index (χ3n) is 3.08. The molecule has 1 rings (SSSR count). The molecule has 0 aromatic heterocycles. The van der Waals surface area contributed by atoms with E-state index in [2.05, 4.69) is 18.5 Å². The van der Waals surface area contributed by atoms with Crippen LogP contribution >= 0.6 is 0 Å². The zero-order valence-electron chi connectivity index (χ0n) is 14.3. The van der Waals surface area contributed by atoms with Crippen LogP contribution in [0.1, 0.15) is 32.2 Å². The van der Waals surface area contributed by atoms with E-state index in [1.807, 2.05) is 12.2 Å². The lowest BCUT2D eigenvalue weighted by molar-refractivity contribution is -0.253. The molecule has 0 aliphatic carbocycles. The second kappa shape index (κ2) is 10.5. The Kier molecular flexibility index (Phi) is 9.44. The van der Waals surface area contributed by atoms with Gasteiger partial charge in [-0.1, -0.05) is 24.3 Å². The molecule has 0 bridgehead atoms. The lowest BCUT2D eigenvalue weighted by Gasteiger charge is -2.25. The number of hydrogen-bond donors (Lipinski definition) is 3. The number of carbonyl (C=O) groups is 2. The molecular formula is C17H17F6NO4. The largest absolute Gasteiger partial charge is 0.478 e. The van der Waals surface area contributed by atoms with Gasteiger partial charge in [-0.3, -0.25) is 0 Å². The first-order valence-electron chi connectivity index (χ1n) is 7.44. The molecule has 0 fully saturated rings. The number of nitrogens with one attached hydrogen (secondary N) is 1. The van der Waals surface area contributed by atoms with Crippen molar-refractivity contribution in [2.75, 3.05) is 13.1 Å². The fourth-order valence-electron chi connectivity index (χ4n) is 2.05. The maximum Gasteiger partial charge on any atom is 0.404 e. The highest BCUT2D eigenvalue weighted by atomic mass is 19.4. The molecule has 11 heteroatoms. The average Bonchev–Trinajstić information content (AvgIpc) is 2.52. The summed E-state index contributed by atoms with van der Waals surface area (Å²) >= 11 is 0. The van der Waals surface area contributed by atoms with E-state index in [9.17, 15) is 35.9 Å². The van der Waals surface area contributed by atoms with Crippen molar-refractivity contribution in [3.63, 3.8) is 0 Å². The Morgan fingerprint density at radius 2 is 1.43 bits per heavy atom. The SMILES string of the molecule is C=CCNCC=C.O=C(O)c1cccc(C(C(F)(F)F)C(F)(F)F)c1C(=O)O. The standard InChI is InChI=1S/C11H6F6O4.C6H11N/c12-10(13,14)7(11(15,16)17)4-2-1-3-5(8(18)19)6(4)9(20)21;1-3-5-7-6-4-2/h1-3,7H,(H,18,19)(H,20,21);3-4,7H,1-2,5-6H2. The van der Waals surface area contributed by atoms with Crippen LogP contribution in [0, 0.1) is 0 Å². The summed E-state index contributed by atoms with van der Waals surface area (Å²) in [6.07, 6.45) is -7.99. The Labute approximate surface area is 156 Å². The van der Waals surface area contributed by atoms with Crippen LogP contribution in [0.2, 0.25) is 0 Å². The number of rotatable bonds is 7. The number of hydrogen-bond acceptors (Lipinski definition) is 3. The van der Waals surface area contributed by atoms with E-state index in [1.54, 1.807) is 0 Å². The molecular weight excluding hydrogens is 396 g/mol. The minimum atomic E-state index is -5.82. The van der Waals surface area contributed by atoms with Crippen molar-refractivity contribution in [3.8, 4) is 0 Å². The van der Waals surface area contributed by atoms with E-state index in [-0.39, 0.29) is 0 Å². The molecule has 0 spiro atoms. The van der Waals surface area contributed by atoms with Gasteiger partial charge in [0.05, 0.1) is 11.1 Å². The van der Waals surface area contributed by atoms with Crippen LogP contribution in [0.25, 0.3) is 0 Å². The highest BCUT2D eigenvalue weighted by Gasteiger charge is 2.58. The molecule has 1 aromatic carbocycles. The second-order valence-corrected chi connectivity index (χ2v) is 5.13. The minimum absolute atomic E-state index is 0.293. The normalized spacial score (nSPS) is 11.4. The molecule has 0 heterocycles. The molecule has 5 nitrogen and oxygen atoms in total. The zero-order valence-corrected chi connectivity index (χ0v) is 14.3. The summed E-state index contributed by atoms with van der Waals surface area (Å²) < 4.78 is 75.7. The van der Waals surface area contributed by atoms with E-state index >= 15 is 0 Å². The number of alkyl halides is 6. The van der Waals surface area contributed by atoms with Crippen molar-refractivity contribution >= 4 is 11.9 Å². The Bertz CT molecular complexity index is 691. The van der Waals surface area contributed by atoms with Crippen LogP contribution < -0.4 is 5.32 Å². The first-order chi connectivity index (χ1) is 12.8. The van der Waals surface area contributed by atoms with Gasteiger partial charge in [0.25, 0.3) is 0 Å². The maximum atomic E-state index is 12.6. The van der Waals surface area contributed by atoms with Gasteiger partial charge in [-0.15, -0.1) is 13.2 Å². The van der Waals surface area contributed by atoms with Gasteiger partial charge in [0.15, 0.2) is 5.92 Å². The average molecular weight is 413 g/mol. The topological polar surface area (TPSA) is 86.6 Å². The molecule has 156 valence electrons. The van der Waals surface area contributed by atoms with E-state index in [0.717, 1.165) is 13.1 Å². The van der Waals surface area contributed by atoms with Crippen molar-refractivity contribution in [1.29, 1.82) is 0 Å². The van der Waals surface area contributed by atoms with Crippen LogP contribution in [0.3, 0.4) is 0 Å². The summed E-state index contributed by atoms with van der Waals surface area (Å²) in [6, 6.07) is 1.52. The Morgan fingerprint density at radius 3 is 1.75 bits per heavy atom. The Hall–Kier alpha value is -2.82. The minimum Gasteiger partial charge on any atom is -0.478 e. The number of carboxylic acids is 2. The summed E-state index contributed by atoms with van der Waals surface area (Å²) in [5.74, 6) is -8.23. The quantitative estimate of drug-likeness (QED) is 0.354. The molecule has 0 aliphatic heterocycles. The van der Waals surface area contributed by atoms with Crippen LogP contribution in [-0.2, 0) is 0 Å². The molecule has 1 aromatic rings. The maximum absolute atomic E-state index is 12.6. The van der Waals surface area contributed by atoms with Crippen molar-refractivity contribution in [1.82, 2.24) is 5.32 Å². The summed E-state index contributed by atoms with van der Waals surface area (Å²) in [6.45, 7) is 8.81. The number of halogens is 6. The summed E-state index contributed by atoms with van der Waals surface area (Å²) in [7, 11) is 0. The first kappa shape index (κ1) is 25.2. The van der Waals surface area contributed by atoms with E-state index < -0.39 is 46.9 Å². The van der Waals surface area contributed by atoms with Crippen molar-refractivity contribution < 1.29 is 46.1 Å². The van der Waals surface area contributed by atoms with Gasteiger partial charge >= 0.3 is 24.3 Å². The summed E-state index contributed by atoms with van der Waals surface area (Å²) in [5, 5.41) is 20.5. The van der Waals surface area contributed by atoms with Gasteiger partial charge in [-0.05, 0) is 11.6 Å². The number of aromatic carboxylic acids is 2. The summed E-state index contributed by atoms with van der Waals surface area (Å²) in [4.78, 5) is 21.7. The predicted molar refractivity (Wildman–Crippen MR) is 88.5 cm³/mol. The molecule has 28 heavy (non-hydrogen) atoms. The van der Waals surface area contributed by atoms with Crippen LogP contribution in [0.5, 0.6) is 0 Å². The lowest BCUT2D eigenvalue weighted by atomic mass is 9.90. The zero-order chi connectivity index (χ0) is 22.1. The van der Waals surface area contributed by atoms with Gasteiger partial charge in [0.1, 0.15) is 0 Å². The van der Waals surface area contributed by atoms with E-state index in [0.29, 0.717) is 18.2 Å². The molecule has 0 saturated carbocycles. The van der Waals surface area contributed by atoms with Gasteiger partial charge in [-0.2, -0.15) is 26.3 Å². The van der Waals surface area contributed by atoms with Gasteiger partial charge in [-0.25, -0.2) is 9.59 Å². The molecule has 0 atom stereocenters. The molecule has 0 saturated heterocycles. The van der Waals surface area contributed by atoms with Gasteiger partial charge < -0.3 is 15.5 Å². The Morgan fingerprint density at radius 1 is 0.964 bits per heavy atom. The first-order valence-corrected chi connectivity index (χ1v) is 7.44. The van der Waals surface area contributed by atoms with Crippen LogP contribution in [0.15, 0.2) is 43.5 Å². The molecule has 0 radical (unpaired) electrons. The lowest BCUT2D eigenvalue weighted by Crippen LogP contribution is -2.35. The molecule has 0 unspecified atom stereocenters. The van der Waals surface area contributed by atoms with E-state index in [1.165, 1.54) is 0 Å². The van der Waals surface area contributed by atoms with E-state index in [4.69, 9.17) is 10.2 Å². The fraction of sp³-hybridized carbons (Fsp3) is 0.294. The predicted octanol–water partition coefficient (Wildman–Crippen LogP) is 4.24. The smallest absolute Gasteiger partial charge is 0.404 e. The highest BCUT2D eigenvalue weighted by Crippen LogP contribution is 2.47. The fourth-order valence-corrected chi connectivity index (χ4v) is 2.05. The third kappa shape index (κ3) is 7.43. The number of carboxylic acid groups (broad SMARTS) is 2. The van der Waals surface area contributed by atoms with Crippen molar-refractivity contribution in [3.05, 3.63) is 60.2 Å². The Balaban J connectivity index is 0.000000887. The molecule has 0 aliphatic rings.